The lowest BCUT2D eigenvalue weighted by atomic mass is 10.2. The summed E-state index contributed by atoms with van der Waals surface area (Å²) in [5, 5.41) is 10.2. The molecule has 1 saturated heterocycles. The Balaban J connectivity index is 0.00000300. The molecule has 10 heteroatoms. The summed E-state index contributed by atoms with van der Waals surface area (Å²) < 4.78 is 10.1. The molecule has 0 bridgehead atoms. The van der Waals surface area contributed by atoms with E-state index in [1.54, 1.807) is 19.4 Å². The number of nitrogens with one attached hydrogen (secondary N) is 2. The lowest BCUT2D eigenvalue weighted by Gasteiger charge is -2.36. The Bertz CT molecular complexity index is 769. The number of aryl methyl sites for hydroxylation is 1. The first-order chi connectivity index (χ1) is 13.7. The minimum absolute atomic E-state index is 0. The highest BCUT2D eigenvalue weighted by molar-refractivity contribution is 14.0. The van der Waals surface area contributed by atoms with E-state index in [1.165, 1.54) is 6.26 Å². The van der Waals surface area contributed by atoms with Gasteiger partial charge in [0.2, 0.25) is 0 Å². The fourth-order valence-corrected chi connectivity index (χ4v) is 3.17. The van der Waals surface area contributed by atoms with Crippen LogP contribution in [0.2, 0.25) is 0 Å². The summed E-state index contributed by atoms with van der Waals surface area (Å²) in [5.41, 5.74) is 1.81. The third-order valence-corrected chi connectivity index (χ3v) is 4.75. The Morgan fingerprint density at radius 1 is 1.17 bits per heavy atom. The highest BCUT2D eigenvalue weighted by Gasteiger charge is 2.20. The molecule has 0 unspecified atom stereocenters. The molecule has 0 atom stereocenters. The van der Waals surface area contributed by atoms with Crippen LogP contribution in [0.4, 0.5) is 0 Å². The van der Waals surface area contributed by atoms with Crippen molar-refractivity contribution in [3.63, 3.8) is 0 Å². The number of hydrogen-bond acceptors (Lipinski definition) is 6. The van der Waals surface area contributed by atoms with Gasteiger partial charge in [0.1, 0.15) is 6.26 Å². The van der Waals surface area contributed by atoms with Gasteiger partial charge in [-0.3, -0.25) is 14.7 Å². The van der Waals surface area contributed by atoms with Crippen LogP contribution in [0.1, 0.15) is 28.2 Å². The van der Waals surface area contributed by atoms with Gasteiger partial charge in [-0.15, -0.1) is 24.0 Å². The molecule has 0 saturated carbocycles. The van der Waals surface area contributed by atoms with Gasteiger partial charge in [0.25, 0.3) is 5.91 Å². The summed E-state index contributed by atoms with van der Waals surface area (Å²) >= 11 is 0. The highest BCUT2D eigenvalue weighted by atomic mass is 127. The second-order valence-corrected chi connectivity index (χ2v) is 6.77. The third-order valence-electron chi connectivity index (χ3n) is 4.75. The molecule has 160 valence electrons. The van der Waals surface area contributed by atoms with Crippen LogP contribution in [-0.2, 0) is 6.54 Å². The molecule has 3 heterocycles. The highest BCUT2D eigenvalue weighted by Crippen LogP contribution is 2.08. The van der Waals surface area contributed by atoms with E-state index in [0.717, 1.165) is 62.9 Å². The van der Waals surface area contributed by atoms with Gasteiger partial charge < -0.3 is 24.5 Å². The van der Waals surface area contributed by atoms with Crippen molar-refractivity contribution in [2.24, 2.45) is 4.99 Å². The van der Waals surface area contributed by atoms with Crippen molar-refractivity contribution in [3.8, 4) is 0 Å². The standard InChI is InChI=1S/C19H28N6O3.HI/c1-15-4-12-27-17(15)18(26)21-6-3-7-22-19(20-2)25-10-8-24(9-11-25)14-16-5-13-28-23-16;/h4-5,12-13H,3,6-11,14H2,1-2H3,(H,20,22)(H,21,26);1H. The number of guanidine groups is 1. The Morgan fingerprint density at radius 2 is 1.93 bits per heavy atom. The second kappa shape index (κ2) is 11.8. The zero-order valence-electron chi connectivity index (χ0n) is 16.9. The number of furan rings is 1. The molecule has 0 radical (unpaired) electrons. The maximum atomic E-state index is 12.0. The Morgan fingerprint density at radius 3 is 2.55 bits per heavy atom. The predicted molar refractivity (Wildman–Crippen MR) is 121 cm³/mol. The number of carbonyl (C=O) groups is 1. The summed E-state index contributed by atoms with van der Waals surface area (Å²) in [7, 11) is 1.80. The predicted octanol–water partition coefficient (Wildman–Crippen LogP) is 1.71. The second-order valence-electron chi connectivity index (χ2n) is 6.77. The number of aliphatic imine (C=N–C) groups is 1. The average molecular weight is 516 g/mol. The van der Waals surface area contributed by atoms with Crippen LogP contribution in [0, 0.1) is 6.92 Å². The van der Waals surface area contributed by atoms with Crippen LogP contribution in [0.3, 0.4) is 0 Å². The van der Waals surface area contributed by atoms with E-state index in [9.17, 15) is 4.79 Å². The van der Waals surface area contributed by atoms with Crippen LogP contribution in [0.5, 0.6) is 0 Å². The molecule has 1 aliphatic rings. The van der Waals surface area contributed by atoms with Gasteiger partial charge in [-0.1, -0.05) is 5.16 Å². The number of rotatable bonds is 7. The maximum Gasteiger partial charge on any atom is 0.287 e. The quantitative estimate of drug-likeness (QED) is 0.250. The van der Waals surface area contributed by atoms with Crippen molar-refractivity contribution in [1.82, 2.24) is 25.6 Å². The van der Waals surface area contributed by atoms with Gasteiger partial charge in [-0.25, -0.2) is 0 Å². The van der Waals surface area contributed by atoms with Crippen molar-refractivity contribution in [2.45, 2.75) is 19.9 Å². The minimum atomic E-state index is -0.171. The van der Waals surface area contributed by atoms with Crippen molar-refractivity contribution in [2.75, 3.05) is 46.3 Å². The normalized spacial score (nSPS) is 15.1. The molecule has 3 rings (SSSR count). The molecule has 29 heavy (non-hydrogen) atoms. The number of hydrogen-bond donors (Lipinski definition) is 2. The monoisotopic (exact) mass is 516 g/mol. The zero-order chi connectivity index (χ0) is 19.8. The summed E-state index contributed by atoms with van der Waals surface area (Å²) in [4.78, 5) is 21.0. The SMILES string of the molecule is CN=C(NCCCNC(=O)c1occc1C)N1CCN(Cc2ccon2)CC1.I. The van der Waals surface area contributed by atoms with Crippen LogP contribution >= 0.6 is 24.0 Å². The van der Waals surface area contributed by atoms with Crippen molar-refractivity contribution < 1.29 is 13.7 Å². The first kappa shape index (κ1) is 23.2. The molecule has 2 aromatic rings. The molecule has 1 aliphatic heterocycles. The van der Waals surface area contributed by atoms with Gasteiger partial charge in [0, 0.05) is 64.5 Å². The first-order valence-electron chi connectivity index (χ1n) is 9.57. The van der Waals surface area contributed by atoms with Crippen molar-refractivity contribution >= 4 is 35.8 Å². The van der Waals surface area contributed by atoms with E-state index in [2.05, 4.69) is 30.6 Å². The van der Waals surface area contributed by atoms with Crippen molar-refractivity contribution in [3.05, 3.63) is 41.7 Å². The Labute approximate surface area is 187 Å². The van der Waals surface area contributed by atoms with Gasteiger partial charge in [0.05, 0.1) is 12.0 Å². The van der Waals surface area contributed by atoms with E-state index >= 15 is 0 Å². The van der Waals surface area contributed by atoms with Gasteiger partial charge in [-0.05, 0) is 19.4 Å². The Hall–Kier alpha value is -2.08. The first-order valence-corrected chi connectivity index (χ1v) is 9.57. The van der Waals surface area contributed by atoms with E-state index in [-0.39, 0.29) is 29.9 Å². The number of nitrogens with zero attached hydrogens (tertiary/aromatic N) is 4. The number of carbonyl (C=O) groups excluding carboxylic acids is 1. The van der Waals surface area contributed by atoms with Crippen LogP contribution in [0.15, 0.2) is 38.6 Å². The summed E-state index contributed by atoms with van der Waals surface area (Å²) in [6.45, 7) is 7.70. The maximum absolute atomic E-state index is 12.0. The molecule has 0 aromatic carbocycles. The number of piperazine rings is 1. The largest absolute Gasteiger partial charge is 0.459 e. The topological polar surface area (TPSA) is 99.1 Å². The molecular formula is C19H29IN6O3. The smallest absolute Gasteiger partial charge is 0.287 e. The molecule has 1 amide bonds. The van der Waals surface area contributed by atoms with Crippen LogP contribution in [-0.4, -0.2) is 73.1 Å². The number of halogens is 1. The van der Waals surface area contributed by atoms with Gasteiger partial charge >= 0.3 is 0 Å². The number of amides is 1. The van der Waals surface area contributed by atoms with Crippen molar-refractivity contribution in [1.29, 1.82) is 0 Å². The lowest BCUT2D eigenvalue weighted by molar-refractivity contribution is 0.0925. The third kappa shape index (κ3) is 6.74. The fraction of sp³-hybridized carbons (Fsp3) is 0.526. The molecule has 2 N–H and O–H groups in total. The minimum Gasteiger partial charge on any atom is -0.459 e. The van der Waals surface area contributed by atoms with Crippen LogP contribution < -0.4 is 10.6 Å². The summed E-state index contributed by atoms with van der Waals surface area (Å²) in [6.07, 6.45) is 3.94. The lowest BCUT2D eigenvalue weighted by Crippen LogP contribution is -2.52. The molecular weight excluding hydrogens is 487 g/mol. The van der Waals surface area contributed by atoms with Crippen LogP contribution in [0.25, 0.3) is 0 Å². The summed E-state index contributed by atoms with van der Waals surface area (Å²) in [6, 6.07) is 3.69. The fourth-order valence-electron chi connectivity index (χ4n) is 3.17. The molecule has 0 spiro atoms. The number of aromatic nitrogens is 1. The average Bonchev–Trinajstić information content (AvgIpc) is 3.37. The molecule has 9 nitrogen and oxygen atoms in total. The van der Waals surface area contributed by atoms with Gasteiger partial charge in [-0.2, -0.15) is 0 Å². The molecule has 1 fully saturated rings. The van der Waals surface area contributed by atoms with E-state index < -0.39 is 0 Å². The van der Waals surface area contributed by atoms with E-state index in [0.29, 0.717) is 12.3 Å². The molecule has 2 aromatic heterocycles. The molecule has 0 aliphatic carbocycles. The van der Waals surface area contributed by atoms with E-state index in [1.807, 2.05) is 13.0 Å². The zero-order valence-corrected chi connectivity index (χ0v) is 19.2. The van der Waals surface area contributed by atoms with Gasteiger partial charge in [0.15, 0.2) is 11.7 Å². The summed E-state index contributed by atoms with van der Waals surface area (Å²) in [5.74, 6) is 1.11. The Kier molecular flexibility index (Phi) is 9.45. The van der Waals surface area contributed by atoms with E-state index in [4.69, 9.17) is 8.94 Å².